The summed E-state index contributed by atoms with van der Waals surface area (Å²) in [6.45, 7) is 5.11. The van der Waals surface area contributed by atoms with Crippen LogP contribution in [0.25, 0.3) is 0 Å². The molecule has 1 N–H and O–H groups in total. The first-order chi connectivity index (χ1) is 11.7. The van der Waals surface area contributed by atoms with E-state index in [9.17, 15) is 4.79 Å². The third-order valence-electron chi connectivity index (χ3n) is 4.82. The van der Waals surface area contributed by atoms with Crippen molar-refractivity contribution in [2.75, 3.05) is 19.6 Å². The molecule has 1 unspecified atom stereocenters. The monoisotopic (exact) mass is 323 g/mol. The number of piperidine rings is 1. The second-order valence-electron chi connectivity index (χ2n) is 6.60. The summed E-state index contributed by atoms with van der Waals surface area (Å²) in [5, 5.41) is 3.09. The first-order valence-electron chi connectivity index (χ1n) is 8.71. The van der Waals surface area contributed by atoms with Crippen molar-refractivity contribution in [2.45, 2.75) is 25.8 Å². The van der Waals surface area contributed by atoms with Gasteiger partial charge in [0, 0.05) is 18.9 Å². The highest BCUT2D eigenvalue weighted by molar-refractivity contribution is 5.93. The molecule has 24 heavy (non-hydrogen) atoms. The molecular formula is C20H25N3O. The second kappa shape index (κ2) is 8.06. The van der Waals surface area contributed by atoms with Crippen LogP contribution in [0.1, 0.15) is 41.7 Å². The van der Waals surface area contributed by atoms with Gasteiger partial charge in [-0.05, 0) is 49.5 Å². The van der Waals surface area contributed by atoms with E-state index in [1.54, 1.807) is 24.5 Å². The zero-order valence-corrected chi connectivity index (χ0v) is 14.2. The van der Waals surface area contributed by atoms with Crippen LogP contribution in [0.15, 0.2) is 54.9 Å². The van der Waals surface area contributed by atoms with Crippen LogP contribution in [0.3, 0.4) is 0 Å². The number of carbonyl (C=O) groups excluding carboxylic acids is 1. The molecule has 1 amide bonds. The number of aromatic nitrogens is 1. The molecule has 4 heteroatoms. The second-order valence-corrected chi connectivity index (χ2v) is 6.60. The molecule has 0 spiro atoms. The average Bonchev–Trinajstić information content (AvgIpc) is 2.65. The fourth-order valence-electron chi connectivity index (χ4n) is 3.26. The van der Waals surface area contributed by atoms with Crippen LogP contribution in [-0.4, -0.2) is 35.4 Å². The molecule has 3 rings (SSSR count). The average molecular weight is 323 g/mol. The number of benzene rings is 1. The van der Waals surface area contributed by atoms with Crippen LogP contribution < -0.4 is 5.32 Å². The third-order valence-corrected chi connectivity index (χ3v) is 4.82. The van der Waals surface area contributed by atoms with Gasteiger partial charge < -0.3 is 5.32 Å². The lowest BCUT2D eigenvalue weighted by Gasteiger charge is -2.37. The van der Waals surface area contributed by atoms with E-state index in [2.05, 4.69) is 46.4 Å². The molecule has 0 radical (unpaired) electrons. The molecule has 2 heterocycles. The van der Waals surface area contributed by atoms with Crippen LogP contribution in [0, 0.1) is 5.92 Å². The number of hydrogen-bond acceptors (Lipinski definition) is 3. The number of likely N-dealkylation sites (tertiary alicyclic amines) is 1. The number of carbonyl (C=O) groups is 1. The van der Waals surface area contributed by atoms with Crippen molar-refractivity contribution in [1.82, 2.24) is 15.2 Å². The predicted molar refractivity (Wildman–Crippen MR) is 95.7 cm³/mol. The topological polar surface area (TPSA) is 45.2 Å². The molecule has 1 fully saturated rings. The molecule has 2 aromatic rings. The summed E-state index contributed by atoms with van der Waals surface area (Å²) in [6.07, 6.45) is 5.73. The lowest BCUT2D eigenvalue weighted by molar-refractivity contribution is 0.0912. The lowest BCUT2D eigenvalue weighted by Crippen LogP contribution is -2.42. The summed E-state index contributed by atoms with van der Waals surface area (Å²) in [5.41, 5.74) is 1.87. The van der Waals surface area contributed by atoms with Gasteiger partial charge in [0.2, 0.25) is 0 Å². The number of hydrogen-bond donors (Lipinski definition) is 1. The van der Waals surface area contributed by atoms with Crippen LogP contribution in [-0.2, 0) is 0 Å². The molecule has 4 nitrogen and oxygen atoms in total. The first kappa shape index (κ1) is 16.7. The van der Waals surface area contributed by atoms with Gasteiger partial charge in [0.1, 0.15) is 0 Å². The molecule has 0 aliphatic carbocycles. The van der Waals surface area contributed by atoms with Gasteiger partial charge in [0.25, 0.3) is 5.91 Å². The Labute approximate surface area is 143 Å². The van der Waals surface area contributed by atoms with Gasteiger partial charge >= 0.3 is 0 Å². The highest BCUT2D eigenvalue weighted by Crippen LogP contribution is 2.26. The minimum Gasteiger partial charge on any atom is -0.350 e. The molecule has 0 saturated carbocycles. The van der Waals surface area contributed by atoms with Crippen molar-refractivity contribution in [3.05, 3.63) is 66.0 Å². The largest absolute Gasteiger partial charge is 0.350 e. The maximum Gasteiger partial charge on any atom is 0.252 e. The molecule has 126 valence electrons. The molecular weight excluding hydrogens is 298 g/mol. The number of nitrogens with zero attached hydrogens (tertiary/aromatic N) is 2. The van der Waals surface area contributed by atoms with Gasteiger partial charge in [-0.3, -0.25) is 14.7 Å². The molecule has 0 bridgehead atoms. The van der Waals surface area contributed by atoms with E-state index in [1.165, 1.54) is 18.4 Å². The number of amides is 1. The number of pyridine rings is 1. The van der Waals surface area contributed by atoms with E-state index < -0.39 is 0 Å². The van der Waals surface area contributed by atoms with Crippen molar-refractivity contribution >= 4 is 5.91 Å². The Morgan fingerprint density at radius 1 is 1.21 bits per heavy atom. The van der Waals surface area contributed by atoms with E-state index in [0.717, 1.165) is 19.0 Å². The van der Waals surface area contributed by atoms with E-state index in [0.29, 0.717) is 12.1 Å². The summed E-state index contributed by atoms with van der Waals surface area (Å²) < 4.78 is 0. The Kier molecular flexibility index (Phi) is 5.59. The standard InChI is InChI=1S/C20H25N3O/c1-16-9-12-23(13-10-16)19(17-6-3-2-4-7-17)15-22-20(24)18-8-5-11-21-14-18/h2-8,11,14,16,19H,9-10,12-13,15H2,1H3,(H,22,24). The minimum absolute atomic E-state index is 0.0607. The normalized spacial score (nSPS) is 17.4. The molecule has 1 saturated heterocycles. The highest BCUT2D eigenvalue weighted by atomic mass is 16.1. The van der Waals surface area contributed by atoms with Crippen molar-refractivity contribution < 1.29 is 4.79 Å². The van der Waals surface area contributed by atoms with Gasteiger partial charge in [-0.25, -0.2) is 0 Å². The molecule has 1 aromatic heterocycles. The zero-order chi connectivity index (χ0) is 16.8. The van der Waals surface area contributed by atoms with Crippen LogP contribution >= 0.6 is 0 Å². The summed E-state index contributed by atoms with van der Waals surface area (Å²) in [4.78, 5) is 18.9. The van der Waals surface area contributed by atoms with E-state index >= 15 is 0 Å². The van der Waals surface area contributed by atoms with Gasteiger partial charge in [-0.15, -0.1) is 0 Å². The Morgan fingerprint density at radius 3 is 2.62 bits per heavy atom. The van der Waals surface area contributed by atoms with Crippen molar-refractivity contribution in [3.63, 3.8) is 0 Å². The summed E-state index contributed by atoms with van der Waals surface area (Å²) in [7, 11) is 0. The van der Waals surface area contributed by atoms with Crippen molar-refractivity contribution in [3.8, 4) is 0 Å². The zero-order valence-electron chi connectivity index (χ0n) is 14.2. The highest BCUT2D eigenvalue weighted by Gasteiger charge is 2.25. The summed E-state index contributed by atoms with van der Waals surface area (Å²) in [5.74, 6) is 0.733. The van der Waals surface area contributed by atoms with Gasteiger partial charge in [0.15, 0.2) is 0 Å². The molecule has 1 aliphatic rings. The number of rotatable bonds is 5. The molecule has 1 atom stereocenters. The first-order valence-corrected chi connectivity index (χ1v) is 8.71. The van der Waals surface area contributed by atoms with E-state index in [-0.39, 0.29) is 11.9 Å². The summed E-state index contributed by atoms with van der Waals surface area (Å²) >= 11 is 0. The Bertz CT molecular complexity index is 636. The molecule has 1 aromatic carbocycles. The minimum atomic E-state index is -0.0607. The Morgan fingerprint density at radius 2 is 1.96 bits per heavy atom. The Balaban J connectivity index is 1.69. The third kappa shape index (κ3) is 4.20. The lowest BCUT2D eigenvalue weighted by atomic mass is 9.95. The van der Waals surface area contributed by atoms with Gasteiger partial charge in [-0.1, -0.05) is 37.3 Å². The van der Waals surface area contributed by atoms with Gasteiger partial charge in [-0.2, -0.15) is 0 Å². The maximum atomic E-state index is 12.3. The fourth-order valence-corrected chi connectivity index (χ4v) is 3.26. The van der Waals surface area contributed by atoms with Gasteiger partial charge in [0.05, 0.1) is 11.6 Å². The predicted octanol–water partition coefficient (Wildman–Crippen LogP) is 3.28. The number of nitrogens with one attached hydrogen (secondary N) is 1. The summed E-state index contributed by atoms with van der Waals surface area (Å²) in [6, 6.07) is 14.3. The maximum absolute atomic E-state index is 12.3. The quantitative estimate of drug-likeness (QED) is 0.918. The van der Waals surface area contributed by atoms with Crippen LogP contribution in [0.4, 0.5) is 0 Å². The molecule has 1 aliphatic heterocycles. The Hall–Kier alpha value is -2.20. The fraction of sp³-hybridized carbons (Fsp3) is 0.400. The smallest absolute Gasteiger partial charge is 0.252 e. The SMILES string of the molecule is CC1CCN(C(CNC(=O)c2cccnc2)c2ccccc2)CC1. The van der Waals surface area contributed by atoms with Crippen LogP contribution in [0.2, 0.25) is 0 Å². The van der Waals surface area contributed by atoms with Crippen molar-refractivity contribution in [1.29, 1.82) is 0 Å². The van der Waals surface area contributed by atoms with E-state index in [1.807, 2.05) is 6.07 Å². The van der Waals surface area contributed by atoms with Crippen LogP contribution in [0.5, 0.6) is 0 Å². The van der Waals surface area contributed by atoms with Crippen molar-refractivity contribution in [2.24, 2.45) is 5.92 Å². The van der Waals surface area contributed by atoms with E-state index in [4.69, 9.17) is 0 Å².